The zero-order valence-electron chi connectivity index (χ0n) is 20.0. The summed E-state index contributed by atoms with van der Waals surface area (Å²) in [5.74, 6) is -2.23. The number of aromatic nitrogens is 1. The monoisotopic (exact) mass is 581 g/mol. The number of sulfonamides is 1. The first-order valence-electron chi connectivity index (χ1n) is 12.1. The van der Waals surface area contributed by atoms with Crippen LogP contribution in [0.2, 0.25) is 5.02 Å². The topological polar surface area (TPSA) is 166 Å². The van der Waals surface area contributed by atoms with E-state index in [9.17, 15) is 26.4 Å². The number of halogens is 1. The highest BCUT2D eigenvalue weighted by Crippen LogP contribution is 2.61. The molecule has 3 aromatic rings. The number of sulfone groups is 1. The highest BCUT2D eigenvalue weighted by Gasteiger charge is 2.54. The van der Waals surface area contributed by atoms with Crippen molar-refractivity contribution < 1.29 is 35.3 Å². The minimum absolute atomic E-state index is 0.0583. The van der Waals surface area contributed by atoms with Crippen LogP contribution in [0.1, 0.15) is 54.5 Å². The number of nitrogens with zero attached hydrogens (tertiary/aromatic N) is 1. The number of carbonyl (C=O) groups excluding carboxylic acids is 2. The molecule has 1 spiro atoms. The van der Waals surface area contributed by atoms with Crippen LogP contribution in [0.3, 0.4) is 0 Å². The van der Waals surface area contributed by atoms with Crippen molar-refractivity contribution in [3.05, 3.63) is 47.0 Å². The third-order valence-electron chi connectivity index (χ3n) is 7.68. The Hall–Kier alpha value is -2.90. The summed E-state index contributed by atoms with van der Waals surface area (Å²) < 4.78 is 61.1. The Morgan fingerprint density at radius 3 is 2.55 bits per heavy atom. The summed E-state index contributed by atoms with van der Waals surface area (Å²) in [6.45, 7) is 0. The van der Waals surface area contributed by atoms with Crippen molar-refractivity contribution in [2.75, 3.05) is 11.5 Å². The van der Waals surface area contributed by atoms with Gasteiger partial charge in [-0.1, -0.05) is 11.6 Å². The minimum atomic E-state index is -4.39. The van der Waals surface area contributed by atoms with E-state index < -0.39 is 48.4 Å². The highest BCUT2D eigenvalue weighted by molar-refractivity contribution is 7.91. The largest absolute Gasteiger partial charge is 0.440 e. The molecule has 2 amide bonds. The Bertz CT molecular complexity index is 1660. The van der Waals surface area contributed by atoms with E-state index in [-0.39, 0.29) is 35.3 Å². The van der Waals surface area contributed by atoms with Gasteiger partial charge in [-0.3, -0.25) is 9.59 Å². The number of carbonyl (C=O) groups is 2. The van der Waals surface area contributed by atoms with Crippen LogP contribution >= 0.6 is 11.6 Å². The molecular formula is C24H24ClN3O8S2. The third kappa shape index (κ3) is 4.71. The number of benzene rings is 1. The molecule has 0 bridgehead atoms. The maximum Gasteiger partial charge on any atom is 0.297 e. The number of oxazole rings is 1. The molecule has 2 aliphatic carbocycles. The zero-order valence-corrected chi connectivity index (χ0v) is 22.4. The molecule has 3 fully saturated rings. The first kappa shape index (κ1) is 25.4. The van der Waals surface area contributed by atoms with E-state index >= 15 is 0 Å². The SMILES string of the molecule is O=C(NC1CC2(C1)CC(c1nc3cc(Cl)ccc3o1)C2)c1ccc(S(=O)(=O)NC(=O)C2CCS(=O)(=O)C2)o1. The van der Waals surface area contributed by atoms with Gasteiger partial charge in [-0.2, -0.15) is 8.42 Å². The molecule has 0 radical (unpaired) electrons. The van der Waals surface area contributed by atoms with E-state index in [0.29, 0.717) is 16.5 Å². The summed E-state index contributed by atoms with van der Waals surface area (Å²) in [6.07, 6.45) is 3.44. The molecule has 2 N–H and O–H groups in total. The number of rotatable bonds is 6. The third-order valence-corrected chi connectivity index (χ3v) is 10.9. The average Bonchev–Trinajstić information content (AvgIpc) is 3.51. The van der Waals surface area contributed by atoms with Gasteiger partial charge in [0.1, 0.15) is 5.52 Å². The standard InChI is InChI=1S/C24H24ClN3O8S2/c25-15-1-2-18-17(7-15)27-23(36-18)14-8-24(9-14)10-16(11-24)26-22(30)19-3-4-20(35-19)38(33,34)28-21(29)13-5-6-37(31,32)12-13/h1-4,7,13-14,16H,5-6,8-12H2,(H,26,30)(H,28,29). The second kappa shape index (κ2) is 8.82. The quantitative estimate of drug-likeness (QED) is 0.445. The molecule has 11 nitrogen and oxygen atoms in total. The van der Waals surface area contributed by atoms with E-state index in [4.69, 9.17) is 20.4 Å². The Labute approximate surface area is 223 Å². The van der Waals surface area contributed by atoms with Crippen molar-refractivity contribution in [1.82, 2.24) is 15.0 Å². The Kier molecular flexibility index (Phi) is 5.89. The molecule has 14 heteroatoms. The van der Waals surface area contributed by atoms with Gasteiger partial charge in [-0.05, 0) is 67.9 Å². The highest BCUT2D eigenvalue weighted by atomic mass is 35.5. The van der Waals surface area contributed by atoms with Gasteiger partial charge < -0.3 is 14.2 Å². The van der Waals surface area contributed by atoms with E-state index in [1.165, 1.54) is 6.07 Å². The van der Waals surface area contributed by atoms with Crippen LogP contribution < -0.4 is 10.0 Å². The van der Waals surface area contributed by atoms with Crippen molar-refractivity contribution in [1.29, 1.82) is 0 Å². The van der Waals surface area contributed by atoms with Crippen LogP contribution in [0, 0.1) is 11.3 Å². The lowest BCUT2D eigenvalue weighted by Gasteiger charge is -2.57. The summed E-state index contributed by atoms with van der Waals surface area (Å²) in [7, 11) is -7.74. The first-order chi connectivity index (χ1) is 17.9. The Morgan fingerprint density at radius 2 is 1.84 bits per heavy atom. The molecule has 1 saturated heterocycles. The molecule has 3 heterocycles. The zero-order chi connectivity index (χ0) is 26.9. The molecule has 2 aromatic heterocycles. The van der Waals surface area contributed by atoms with E-state index in [1.807, 2.05) is 4.72 Å². The van der Waals surface area contributed by atoms with Crippen LogP contribution in [-0.2, 0) is 24.7 Å². The van der Waals surface area contributed by atoms with Gasteiger partial charge >= 0.3 is 0 Å². The summed E-state index contributed by atoms with van der Waals surface area (Å²) in [6, 6.07) is 7.58. The lowest BCUT2D eigenvalue weighted by molar-refractivity contribution is -0.122. The van der Waals surface area contributed by atoms with Gasteiger partial charge in [-0.25, -0.2) is 18.1 Å². The van der Waals surface area contributed by atoms with Crippen molar-refractivity contribution >= 4 is 54.4 Å². The second-order valence-electron chi connectivity index (χ2n) is 10.5. The molecule has 1 aromatic carbocycles. The van der Waals surface area contributed by atoms with E-state index in [0.717, 1.165) is 37.3 Å². The minimum Gasteiger partial charge on any atom is -0.440 e. The fourth-order valence-corrected chi connectivity index (χ4v) is 8.67. The van der Waals surface area contributed by atoms with Crippen LogP contribution in [0.15, 0.2) is 44.3 Å². The molecule has 1 atom stereocenters. The number of hydrogen-bond donors (Lipinski definition) is 2. The smallest absolute Gasteiger partial charge is 0.297 e. The predicted octanol–water partition coefficient (Wildman–Crippen LogP) is 2.77. The Morgan fingerprint density at radius 1 is 1.08 bits per heavy atom. The number of amides is 2. The van der Waals surface area contributed by atoms with E-state index in [1.54, 1.807) is 18.2 Å². The average molecular weight is 582 g/mol. The molecule has 3 aliphatic rings. The molecule has 6 rings (SSSR count). The van der Waals surface area contributed by atoms with Crippen molar-refractivity contribution in [3.63, 3.8) is 0 Å². The van der Waals surface area contributed by atoms with Crippen LogP contribution in [0.25, 0.3) is 11.1 Å². The molecule has 1 aliphatic heterocycles. The van der Waals surface area contributed by atoms with E-state index in [2.05, 4.69) is 10.3 Å². The fraction of sp³-hybridized carbons (Fsp3) is 0.458. The van der Waals surface area contributed by atoms with Crippen LogP contribution in [0.5, 0.6) is 0 Å². The number of hydrogen-bond acceptors (Lipinski definition) is 9. The fourth-order valence-electron chi connectivity index (χ4n) is 5.79. The van der Waals surface area contributed by atoms with Gasteiger partial charge in [-0.15, -0.1) is 0 Å². The van der Waals surface area contributed by atoms with Gasteiger partial charge in [0.05, 0.1) is 17.4 Å². The first-order valence-corrected chi connectivity index (χ1v) is 15.8. The summed E-state index contributed by atoms with van der Waals surface area (Å²) >= 11 is 6.02. The molecule has 2 saturated carbocycles. The van der Waals surface area contributed by atoms with Crippen molar-refractivity contribution in [3.8, 4) is 0 Å². The molecular weight excluding hydrogens is 558 g/mol. The second-order valence-corrected chi connectivity index (χ2v) is 14.8. The summed E-state index contributed by atoms with van der Waals surface area (Å²) in [5.41, 5.74) is 1.56. The predicted molar refractivity (Wildman–Crippen MR) is 135 cm³/mol. The van der Waals surface area contributed by atoms with Gasteiger partial charge in [0, 0.05) is 17.0 Å². The lowest BCUT2D eigenvalue weighted by Crippen LogP contribution is -2.55. The molecule has 1 unspecified atom stereocenters. The molecule has 202 valence electrons. The van der Waals surface area contributed by atoms with Crippen LogP contribution in [0.4, 0.5) is 0 Å². The molecule has 38 heavy (non-hydrogen) atoms. The number of furan rings is 1. The van der Waals surface area contributed by atoms with Gasteiger partial charge in [0.25, 0.3) is 15.9 Å². The summed E-state index contributed by atoms with van der Waals surface area (Å²) in [5, 5.41) is 2.87. The van der Waals surface area contributed by atoms with Crippen LogP contribution in [-0.4, -0.2) is 51.2 Å². The van der Waals surface area contributed by atoms with Crippen molar-refractivity contribution in [2.45, 2.75) is 49.2 Å². The maximum absolute atomic E-state index is 12.6. The summed E-state index contributed by atoms with van der Waals surface area (Å²) in [4.78, 5) is 29.4. The number of nitrogens with one attached hydrogen (secondary N) is 2. The van der Waals surface area contributed by atoms with Gasteiger partial charge in [0.15, 0.2) is 27.1 Å². The number of fused-ring (bicyclic) bond motifs is 1. The normalized spacial score (nSPS) is 28.1. The lowest BCUT2D eigenvalue weighted by atomic mass is 9.50. The Balaban J connectivity index is 1.01. The maximum atomic E-state index is 12.6. The van der Waals surface area contributed by atoms with Gasteiger partial charge in [0.2, 0.25) is 11.0 Å². The van der Waals surface area contributed by atoms with Crippen molar-refractivity contribution in [2.24, 2.45) is 11.3 Å².